The molecule has 7 nitrogen and oxygen atoms in total. The van der Waals surface area contributed by atoms with Gasteiger partial charge in [-0.3, -0.25) is 4.79 Å². The van der Waals surface area contributed by atoms with E-state index in [4.69, 9.17) is 10.5 Å². The second-order valence-corrected chi connectivity index (χ2v) is 6.77. The van der Waals surface area contributed by atoms with E-state index in [2.05, 4.69) is 27.1 Å². The summed E-state index contributed by atoms with van der Waals surface area (Å²) < 4.78 is 5.94. The minimum absolute atomic E-state index is 0.0906. The van der Waals surface area contributed by atoms with Crippen LogP contribution in [0.5, 0.6) is 5.75 Å². The van der Waals surface area contributed by atoms with Crippen molar-refractivity contribution in [1.29, 1.82) is 0 Å². The molecule has 1 aromatic heterocycles. The molecule has 3 aromatic rings. The molecule has 1 aliphatic rings. The highest BCUT2D eigenvalue weighted by molar-refractivity contribution is 6.07. The second-order valence-electron chi connectivity index (χ2n) is 6.77. The summed E-state index contributed by atoms with van der Waals surface area (Å²) in [5, 5.41) is 2.96. The molecule has 0 atom stereocenters. The number of para-hydroxylation sites is 2. The first-order valence-corrected chi connectivity index (χ1v) is 9.67. The summed E-state index contributed by atoms with van der Waals surface area (Å²) in [6, 6.07) is 15.3. The van der Waals surface area contributed by atoms with E-state index in [1.54, 1.807) is 6.20 Å². The van der Waals surface area contributed by atoms with Crippen LogP contribution in [-0.4, -0.2) is 35.6 Å². The van der Waals surface area contributed by atoms with E-state index in [0.717, 1.165) is 36.5 Å². The first kappa shape index (κ1) is 18.7. The summed E-state index contributed by atoms with van der Waals surface area (Å²) in [4.78, 5) is 23.9. The monoisotopic (exact) mass is 389 g/mol. The molecule has 2 heterocycles. The van der Waals surface area contributed by atoms with Crippen molar-refractivity contribution in [3.63, 3.8) is 0 Å². The Morgan fingerprint density at radius 3 is 2.93 bits per heavy atom. The fourth-order valence-electron chi connectivity index (χ4n) is 3.38. The molecule has 1 amide bonds. The van der Waals surface area contributed by atoms with Gasteiger partial charge in [-0.15, -0.1) is 0 Å². The Bertz CT molecular complexity index is 1040. The zero-order valence-electron chi connectivity index (χ0n) is 16.3. The average Bonchev–Trinajstić information content (AvgIpc) is 2.74. The zero-order chi connectivity index (χ0) is 20.2. The molecule has 4 rings (SSSR count). The topological polar surface area (TPSA) is 93.4 Å². The maximum absolute atomic E-state index is 13.0. The molecule has 0 unspecified atom stereocenters. The Morgan fingerprint density at radius 1 is 1.21 bits per heavy atom. The zero-order valence-corrected chi connectivity index (χ0v) is 16.3. The van der Waals surface area contributed by atoms with Gasteiger partial charge >= 0.3 is 0 Å². The van der Waals surface area contributed by atoms with Crippen LogP contribution in [0.4, 0.5) is 17.2 Å². The molecule has 0 spiro atoms. The van der Waals surface area contributed by atoms with E-state index in [-0.39, 0.29) is 17.4 Å². The number of aromatic nitrogens is 2. The van der Waals surface area contributed by atoms with Crippen LogP contribution in [0.1, 0.15) is 23.8 Å². The highest BCUT2D eigenvalue weighted by Crippen LogP contribution is 2.28. The lowest BCUT2D eigenvalue weighted by Gasteiger charge is -2.25. The van der Waals surface area contributed by atoms with Crippen molar-refractivity contribution in [3.8, 4) is 17.0 Å². The second kappa shape index (κ2) is 8.18. The van der Waals surface area contributed by atoms with Crippen molar-refractivity contribution >= 4 is 23.1 Å². The van der Waals surface area contributed by atoms with Crippen LogP contribution in [0.25, 0.3) is 11.3 Å². The van der Waals surface area contributed by atoms with Gasteiger partial charge in [0, 0.05) is 18.7 Å². The van der Waals surface area contributed by atoms with E-state index in [0.29, 0.717) is 18.0 Å². The van der Waals surface area contributed by atoms with Crippen LogP contribution in [0, 0.1) is 0 Å². The molecular formula is C22H23N5O2. The normalized spacial score (nSPS) is 14.1. The summed E-state index contributed by atoms with van der Waals surface area (Å²) in [5.41, 5.74) is 9.10. The molecule has 29 heavy (non-hydrogen) atoms. The van der Waals surface area contributed by atoms with Crippen LogP contribution < -0.4 is 20.7 Å². The van der Waals surface area contributed by atoms with Gasteiger partial charge in [0.15, 0.2) is 11.5 Å². The Kier molecular flexibility index (Phi) is 5.29. The van der Waals surface area contributed by atoms with Gasteiger partial charge in [-0.05, 0) is 37.6 Å². The Labute approximate surface area is 169 Å². The molecule has 0 fully saturated rings. The molecule has 7 heteroatoms. The van der Waals surface area contributed by atoms with E-state index in [9.17, 15) is 4.79 Å². The summed E-state index contributed by atoms with van der Waals surface area (Å²) in [7, 11) is 0. The molecule has 1 aliphatic heterocycles. The number of nitrogens with zero attached hydrogens (tertiary/aromatic N) is 3. The number of ether oxygens (including phenoxy) is 1. The minimum atomic E-state index is -0.386. The standard InChI is InChI=1S/C22H23N5O2/c1-2-27-11-6-12-29-16-8-5-7-15(13-16)18-14-24-21(23)20(25-18)22(28)26-17-9-3-4-10-19(17)27/h3-5,7-10,13-14H,2,6,11-12H2,1H3,(H2,23,24)(H,26,28). The number of fused-ring (bicyclic) bond motifs is 6. The van der Waals surface area contributed by atoms with Crippen molar-refractivity contribution in [1.82, 2.24) is 9.97 Å². The predicted molar refractivity (Wildman–Crippen MR) is 114 cm³/mol. The molecule has 0 aliphatic carbocycles. The number of anilines is 3. The van der Waals surface area contributed by atoms with Crippen LogP contribution in [0.2, 0.25) is 0 Å². The maximum atomic E-state index is 13.0. The molecule has 3 N–H and O–H groups in total. The minimum Gasteiger partial charge on any atom is -0.494 e. The molecule has 0 saturated heterocycles. The third-order valence-corrected chi connectivity index (χ3v) is 4.86. The number of benzene rings is 2. The Morgan fingerprint density at radius 2 is 2.07 bits per heavy atom. The molecule has 148 valence electrons. The number of amides is 1. The molecular weight excluding hydrogens is 366 g/mol. The van der Waals surface area contributed by atoms with Crippen molar-refractivity contribution in [2.45, 2.75) is 13.3 Å². The number of hydrogen-bond donors (Lipinski definition) is 2. The van der Waals surface area contributed by atoms with E-state index in [1.165, 1.54) is 0 Å². The third-order valence-electron chi connectivity index (χ3n) is 4.86. The number of carbonyl (C=O) groups excluding carboxylic acids is 1. The van der Waals surface area contributed by atoms with Gasteiger partial charge in [-0.1, -0.05) is 24.3 Å². The Balaban J connectivity index is 1.80. The molecule has 2 aromatic carbocycles. The number of nitrogens with one attached hydrogen (secondary N) is 1. The number of carbonyl (C=O) groups is 1. The molecule has 4 bridgehead atoms. The smallest absolute Gasteiger partial charge is 0.278 e. The first-order valence-electron chi connectivity index (χ1n) is 9.67. The van der Waals surface area contributed by atoms with Crippen molar-refractivity contribution in [3.05, 3.63) is 60.4 Å². The van der Waals surface area contributed by atoms with E-state index >= 15 is 0 Å². The molecule has 0 saturated carbocycles. The lowest BCUT2D eigenvalue weighted by Crippen LogP contribution is -2.27. The van der Waals surface area contributed by atoms with Gasteiger partial charge < -0.3 is 20.7 Å². The quantitative estimate of drug-likeness (QED) is 0.661. The number of nitrogen functional groups attached to an aromatic ring is 1. The maximum Gasteiger partial charge on any atom is 0.278 e. The van der Waals surface area contributed by atoms with Gasteiger partial charge in [0.05, 0.1) is 29.9 Å². The highest BCUT2D eigenvalue weighted by Gasteiger charge is 2.18. The summed E-state index contributed by atoms with van der Waals surface area (Å²) in [6.45, 7) is 4.29. The highest BCUT2D eigenvalue weighted by atomic mass is 16.5. The van der Waals surface area contributed by atoms with Gasteiger partial charge in [-0.2, -0.15) is 0 Å². The van der Waals surface area contributed by atoms with E-state index < -0.39 is 0 Å². The molecule has 0 radical (unpaired) electrons. The summed E-state index contributed by atoms with van der Waals surface area (Å²) in [6.07, 6.45) is 2.41. The summed E-state index contributed by atoms with van der Waals surface area (Å²) in [5.74, 6) is 0.459. The van der Waals surface area contributed by atoms with E-state index in [1.807, 2.05) is 48.5 Å². The van der Waals surface area contributed by atoms with Crippen LogP contribution in [-0.2, 0) is 0 Å². The van der Waals surface area contributed by atoms with Gasteiger partial charge in [0.2, 0.25) is 0 Å². The van der Waals surface area contributed by atoms with Gasteiger partial charge in [0.1, 0.15) is 5.75 Å². The largest absolute Gasteiger partial charge is 0.494 e. The summed E-state index contributed by atoms with van der Waals surface area (Å²) >= 11 is 0. The fourth-order valence-corrected chi connectivity index (χ4v) is 3.38. The van der Waals surface area contributed by atoms with Gasteiger partial charge in [-0.25, -0.2) is 9.97 Å². The fraction of sp³-hybridized carbons (Fsp3) is 0.227. The first-order chi connectivity index (χ1) is 14.2. The third kappa shape index (κ3) is 3.99. The lowest BCUT2D eigenvalue weighted by molar-refractivity contribution is 0.102. The van der Waals surface area contributed by atoms with Crippen LogP contribution >= 0.6 is 0 Å². The number of nitrogens with two attached hydrogens (primary N) is 1. The Hall–Kier alpha value is -3.61. The van der Waals surface area contributed by atoms with Gasteiger partial charge in [0.25, 0.3) is 5.91 Å². The predicted octanol–water partition coefficient (Wildman–Crippen LogP) is 3.59. The number of rotatable bonds is 1. The SMILES string of the molecule is CCN1CCCOc2cccc(c2)-c2cnc(N)c(n2)C(=O)Nc2ccccc21. The lowest BCUT2D eigenvalue weighted by atomic mass is 10.1. The van der Waals surface area contributed by atoms with Crippen molar-refractivity contribution in [2.24, 2.45) is 0 Å². The number of hydrogen-bond acceptors (Lipinski definition) is 6. The van der Waals surface area contributed by atoms with Crippen molar-refractivity contribution in [2.75, 3.05) is 35.6 Å². The van der Waals surface area contributed by atoms with Crippen molar-refractivity contribution < 1.29 is 9.53 Å². The van der Waals surface area contributed by atoms with Crippen LogP contribution in [0.3, 0.4) is 0 Å². The average molecular weight is 389 g/mol. The van der Waals surface area contributed by atoms with Crippen LogP contribution in [0.15, 0.2) is 54.7 Å².